The molecule has 1 N–H and O–H groups in total. The summed E-state index contributed by atoms with van der Waals surface area (Å²) in [7, 11) is 0. The molecule has 2 aromatic rings. The monoisotopic (exact) mass is 312 g/mol. The van der Waals surface area contributed by atoms with E-state index >= 15 is 0 Å². The number of allylic oxidation sites excluding steroid dienone is 1. The second-order valence-electron chi connectivity index (χ2n) is 6.32. The van der Waals surface area contributed by atoms with Crippen LogP contribution in [0.1, 0.15) is 36.9 Å². The Kier molecular flexibility index (Phi) is 3.11. The highest BCUT2D eigenvalue weighted by molar-refractivity contribution is 5.76. The van der Waals surface area contributed by atoms with Gasteiger partial charge in [-0.3, -0.25) is 4.79 Å². The first-order chi connectivity index (χ1) is 11.1. The smallest absolute Gasteiger partial charge is 0.310 e. The predicted molar refractivity (Wildman–Crippen MR) is 83.0 cm³/mol. The van der Waals surface area contributed by atoms with E-state index < -0.39 is 5.97 Å². The number of carbonyl (C=O) groups is 1. The number of benzene rings is 1. The second-order valence-corrected chi connectivity index (χ2v) is 6.32. The highest BCUT2D eigenvalue weighted by atomic mass is 19.1. The number of hydrogen-bond donors (Lipinski definition) is 1. The van der Waals surface area contributed by atoms with Crippen molar-refractivity contribution >= 4 is 5.97 Å². The van der Waals surface area contributed by atoms with E-state index in [1.54, 1.807) is 12.1 Å². The van der Waals surface area contributed by atoms with E-state index in [9.17, 15) is 14.3 Å². The highest BCUT2D eigenvalue weighted by Gasteiger charge is 2.39. The first-order valence-corrected chi connectivity index (χ1v) is 7.83. The summed E-state index contributed by atoms with van der Waals surface area (Å²) < 4.78 is 15.0. The molecule has 0 amide bonds. The largest absolute Gasteiger partial charge is 0.481 e. The lowest BCUT2D eigenvalue weighted by atomic mass is 9.80. The van der Waals surface area contributed by atoms with Gasteiger partial charge in [0, 0.05) is 17.9 Å². The van der Waals surface area contributed by atoms with Gasteiger partial charge in [-0.2, -0.15) is 5.10 Å². The van der Waals surface area contributed by atoms with Crippen molar-refractivity contribution in [2.45, 2.75) is 32.1 Å². The Labute approximate surface area is 133 Å². The van der Waals surface area contributed by atoms with Gasteiger partial charge < -0.3 is 5.11 Å². The number of halogens is 1. The van der Waals surface area contributed by atoms with Crippen molar-refractivity contribution < 1.29 is 14.3 Å². The number of aliphatic carboxylic acids is 1. The van der Waals surface area contributed by atoms with Crippen molar-refractivity contribution in [3.63, 3.8) is 0 Å². The van der Waals surface area contributed by atoms with E-state index in [2.05, 4.69) is 12.0 Å². The molecule has 0 aliphatic heterocycles. The number of carboxylic acids is 1. The molecule has 0 bridgehead atoms. The molecule has 2 aliphatic carbocycles. The fourth-order valence-corrected chi connectivity index (χ4v) is 4.02. The molecule has 2 atom stereocenters. The first kappa shape index (κ1) is 14.2. The van der Waals surface area contributed by atoms with Crippen LogP contribution >= 0.6 is 0 Å². The van der Waals surface area contributed by atoms with Crippen LogP contribution in [-0.4, -0.2) is 20.9 Å². The average molecular weight is 312 g/mol. The SMILES string of the molecule is C[C@@H]1C2=C(CC[C@H]2C(=O)O)Cc2c1cnn2-c1ccc(F)cc1. The highest BCUT2D eigenvalue weighted by Crippen LogP contribution is 2.47. The zero-order chi connectivity index (χ0) is 16.1. The third-order valence-electron chi connectivity index (χ3n) is 5.10. The second kappa shape index (κ2) is 5.05. The summed E-state index contributed by atoms with van der Waals surface area (Å²) in [4.78, 5) is 11.5. The zero-order valence-corrected chi connectivity index (χ0v) is 12.8. The summed E-state index contributed by atoms with van der Waals surface area (Å²) in [6.45, 7) is 2.06. The number of hydrogen-bond acceptors (Lipinski definition) is 2. The van der Waals surface area contributed by atoms with Crippen LogP contribution in [0.15, 0.2) is 41.6 Å². The third kappa shape index (κ3) is 2.11. The maximum absolute atomic E-state index is 13.1. The number of aromatic nitrogens is 2. The van der Waals surface area contributed by atoms with Gasteiger partial charge >= 0.3 is 5.97 Å². The first-order valence-electron chi connectivity index (χ1n) is 7.83. The van der Waals surface area contributed by atoms with Crippen molar-refractivity contribution in [2.75, 3.05) is 0 Å². The van der Waals surface area contributed by atoms with Crippen LogP contribution in [0.5, 0.6) is 0 Å². The van der Waals surface area contributed by atoms with Crippen LogP contribution in [0.25, 0.3) is 5.69 Å². The number of rotatable bonds is 2. The fraction of sp³-hybridized carbons (Fsp3) is 0.333. The average Bonchev–Trinajstić information content (AvgIpc) is 3.13. The normalized spacial score (nSPS) is 22.9. The van der Waals surface area contributed by atoms with Gasteiger partial charge in [0.15, 0.2) is 0 Å². The van der Waals surface area contributed by atoms with E-state index in [4.69, 9.17) is 0 Å². The van der Waals surface area contributed by atoms with Crippen LogP contribution in [0.4, 0.5) is 4.39 Å². The number of fused-ring (bicyclic) bond motifs is 1. The minimum atomic E-state index is -0.726. The van der Waals surface area contributed by atoms with Crippen molar-refractivity contribution in [1.82, 2.24) is 9.78 Å². The maximum Gasteiger partial charge on any atom is 0.310 e. The molecule has 1 aromatic heterocycles. The molecule has 0 spiro atoms. The molecule has 1 heterocycles. The van der Waals surface area contributed by atoms with E-state index in [-0.39, 0.29) is 17.7 Å². The predicted octanol–water partition coefficient (Wildman–Crippen LogP) is 3.46. The molecule has 0 unspecified atom stereocenters. The molecule has 0 radical (unpaired) electrons. The Morgan fingerprint density at radius 2 is 2.09 bits per heavy atom. The van der Waals surface area contributed by atoms with Gasteiger partial charge in [-0.1, -0.05) is 12.5 Å². The molecule has 5 heteroatoms. The standard InChI is InChI=1S/C18H17FN2O2/c1-10-15-9-20-21(13-5-3-12(19)4-6-13)16(15)8-11-2-7-14(17(10)11)18(22)23/h3-6,9-10,14H,2,7-8H2,1H3,(H,22,23)/t10-,14+/m0/s1. The molecule has 0 fully saturated rings. The van der Waals surface area contributed by atoms with Gasteiger partial charge in [0.2, 0.25) is 0 Å². The molecule has 2 aliphatic rings. The molecule has 1 aromatic carbocycles. The Morgan fingerprint density at radius 1 is 1.35 bits per heavy atom. The molecule has 0 saturated heterocycles. The van der Waals surface area contributed by atoms with Crippen LogP contribution in [0.2, 0.25) is 0 Å². The summed E-state index contributed by atoms with van der Waals surface area (Å²) >= 11 is 0. The molecule has 4 rings (SSSR count). The van der Waals surface area contributed by atoms with Gasteiger partial charge in [0.05, 0.1) is 23.5 Å². The van der Waals surface area contributed by atoms with Crippen molar-refractivity contribution in [3.05, 3.63) is 58.7 Å². The topological polar surface area (TPSA) is 55.1 Å². The third-order valence-corrected chi connectivity index (χ3v) is 5.10. The molecular weight excluding hydrogens is 295 g/mol. The summed E-state index contributed by atoms with van der Waals surface area (Å²) in [6, 6.07) is 6.28. The van der Waals surface area contributed by atoms with Crippen LogP contribution in [0.3, 0.4) is 0 Å². The Bertz CT molecular complexity index is 820. The lowest BCUT2D eigenvalue weighted by Crippen LogP contribution is -2.20. The molecule has 0 saturated carbocycles. The summed E-state index contributed by atoms with van der Waals surface area (Å²) in [5, 5.41) is 13.9. The van der Waals surface area contributed by atoms with E-state index in [1.807, 2.05) is 10.9 Å². The minimum absolute atomic E-state index is 0.0755. The van der Waals surface area contributed by atoms with E-state index in [0.717, 1.165) is 35.4 Å². The minimum Gasteiger partial charge on any atom is -0.481 e. The van der Waals surface area contributed by atoms with Crippen molar-refractivity contribution in [3.8, 4) is 5.69 Å². The fourth-order valence-electron chi connectivity index (χ4n) is 4.02. The van der Waals surface area contributed by atoms with Gasteiger partial charge in [0.1, 0.15) is 5.82 Å². The van der Waals surface area contributed by atoms with Gasteiger partial charge in [0.25, 0.3) is 0 Å². The Balaban J connectivity index is 1.77. The van der Waals surface area contributed by atoms with Crippen molar-refractivity contribution in [1.29, 1.82) is 0 Å². The molecule has 118 valence electrons. The Hall–Kier alpha value is -2.43. The summed E-state index contributed by atoms with van der Waals surface area (Å²) in [5.41, 5.74) is 5.32. The van der Waals surface area contributed by atoms with Crippen LogP contribution in [0, 0.1) is 11.7 Å². The van der Waals surface area contributed by atoms with E-state index in [1.165, 1.54) is 17.7 Å². The van der Waals surface area contributed by atoms with Crippen LogP contribution < -0.4 is 0 Å². The Morgan fingerprint density at radius 3 is 2.78 bits per heavy atom. The summed E-state index contributed by atoms with van der Waals surface area (Å²) in [6.07, 6.45) is 4.09. The van der Waals surface area contributed by atoms with Gasteiger partial charge in [-0.25, -0.2) is 9.07 Å². The molecule has 4 nitrogen and oxygen atoms in total. The van der Waals surface area contributed by atoms with Gasteiger partial charge in [-0.05, 0) is 42.7 Å². The van der Waals surface area contributed by atoms with E-state index in [0.29, 0.717) is 6.42 Å². The van der Waals surface area contributed by atoms with Crippen LogP contribution in [-0.2, 0) is 11.2 Å². The summed E-state index contributed by atoms with van der Waals surface area (Å²) in [5.74, 6) is -1.28. The lowest BCUT2D eigenvalue weighted by molar-refractivity contribution is -0.140. The van der Waals surface area contributed by atoms with Crippen molar-refractivity contribution in [2.24, 2.45) is 5.92 Å². The quantitative estimate of drug-likeness (QED) is 0.864. The number of nitrogens with zero attached hydrogens (tertiary/aromatic N) is 2. The molecular formula is C18H17FN2O2. The maximum atomic E-state index is 13.1. The zero-order valence-electron chi connectivity index (χ0n) is 12.8. The number of carboxylic acid groups (broad SMARTS) is 1. The lowest BCUT2D eigenvalue weighted by Gasteiger charge is -2.25. The van der Waals surface area contributed by atoms with Gasteiger partial charge in [-0.15, -0.1) is 0 Å². The molecule has 23 heavy (non-hydrogen) atoms.